The summed E-state index contributed by atoms with van der Waals surface area (Å²) in [5.74, 6) is 0.0702. The van der Waals surface area contributed by atoms with Crippen LogP contribution in [0.4, 0.5) is 0 Å². The summed E-state index contributed by atoms with van der Waals surface area (Å²) in [4.78, 5) is 13.7. The third-order valence-corrected chi connectivity index (χ3v) is 6.09. The molecule has 1 aliphatic heterocycles. The fourth-order valence-corrected chi connectivity index (χ4v) is 4.48. The monoisotopic (exact) mass is 314 g/mol. The van der Waals surface area contributed by atoms with Gasteiger partial charge in [0.25, 0.3) is 0 Å². The van der Waals surface area contributed by atoms with E-state index >= 15 is 0 Å². The molecule has 0 spiro atoms. The van der Waals surface area contributed by atoms with Crippen LogP contribution in [-0.2, 0) is 21.9 Å². The number of piperazine rings is 1. The average Bonchev–Trinajstić information content (AvgIpc) is 2.71. The normalized spacial score (nSPS) is 17.2. The van der Waals surface area contributed by atoms with Crippen LogP contribution in [0.15, 0.2) is 4.90 Å². The van der Waals surface area contributed by atoms with Crippen molar-refractivity contribution in [2.24, 2.45) is 7.05 Å². The molecule has 2 heterocycles. The Morgan fingerprint density at radius 1 is 1.19 bits per heavy atom. The predicted molar refractivity (Wildman–Crippen MR) is 78.3 cm³/mol. The summed E-state index contributed by atoms with van der Waals surface area (Å²) in [7, 11) is -1.81. The molecule has 0 aromatic carbocycles. The van der Waals surface area contributed by atoms with Gasteiger partial charge < -0.3 is 4.90 Å². The first kappa shape index (κ1) is 16.0. The van der Waals surface area contributed by atoms with Crippen molar-refractivity contribution in [3.63, 3.8) is 0 Å². The summed E-state index contributed by atoms with van der Waals surface area (Å²) in [5, 5.41) is 4.17. The minimum Gasteiger partial charge on any atom is -0.340 e. The highest BCUT2D eigenvalue weighted by molar-refractivity contribution is 7.89. The van der Waals surface area contributed by atoms with Crippen molar-refractivity contribution in [1.29, 1.82) is 0 Å². The van der Waals surface area contributed by atoms with Crippen molar-refractivity contribution in [1.82, 2.24) is 19.0 Å². The van der Waals surface area contributed by atoms with E-state index in [0.29, 0.717) is 48.9 Å². The Kier molecular flexibility index (Phi) is 4.38. The minimum atomic E-state index is -3.55. The lowest BCUT2D eigenvalue weighted by atomic mass is 10.3. The summed E-state index contributed by atoms with van der Waals surface area (Å²) in [5.41, 5.74) is 1.15. The molecule has 1 aromatic heterocycles. The molecule has 2 rings (SSSR count). The number of hydrogen-bond donors (Lipinski definition) is 0. The summed E-state index contributed by atoms with van der Waals surface area (Å²) in [6, 6.07) is 0. The zero-order valence-corrected chi connectivity index (χ0v) is 13.8. The molecular weight excluding hydrogens is 292 g/mol. The predicted octanol–water partition coefficient (Wildman–Crippen LogP) is 0.280. The molecule has 0 saturated carbocycles. The van der Waals surface area contributed by atoms with Gasteiger partial charge in [0.15, 0.2) is 0 Å². The number of aromatic nitrogens is 2. The molecule has 1 fully saturated rings. The van der Waals surface area contributed by atoms with Gasteiger partial charge in [-0.05, 0) is 13.8 Å². The SMILES string of the molecule is CCC(=O)N1CCN(S(=O)(=O)c2c(C)nn(C)c2C)CC1. The highest BCUT2D eigenvalue weighted by Gasteiger charge is 2.33. The third-order valence-electron chi connectivity index (χ3n) is 3.93. The van der Waals surface area contributed by atoms with Gasteiger partial charge in [0.2, 0.25) is 15.9 Å². The molecule has 0 aliphatic carbocycles. The van der Waals surface area contributed by atoms with E-state index in [0.717, 1.165) is 0 Å². The number of carbonyl (C=O) groups excluding carboxylic acids is 1. The van der Waals surface area contributed by atoms with E-state index in [9.17, 15) is 13.2 Å². The Hall–Kier alpha value is -1.41. The molecule has 0 unspecified atom stereocenters. The Morgan fingerprint density at radius 2 is 1.76 bits per heavy atom. The molecule has 0 bridgehead atoms. The van der Waals surface area contributed by atoms with Gasteiger partial charge in [-0.15, -0.1) is 0 Å². The van der Waals surface area contributed by atoms with Gasteiger partial charge in [0, 0.05) is 39.6 Å². The number of sulfonamides is 1. The molecule has 8 heteroatoms. The van der Waals surface area contributed by atoms with Crippen molar-refractivity contribution in [2.45, 2.75) is 32.1 Å². The van der Waals surface area contributed by atoms with E-state index in [1.54, 1.807) is 30.5 Å². The molecule has 118 valence electrons. The number of hydrogen-bond acceptors (Lipinski definition) is 4. The van der Waals surface area contributed by atoms with Crippen molar-refractivity contribution in [3.8, 4) is 0 Å². The molecule has 1 aliphatic rings. The van der Waals surface area contributed by atoms with Crippen LogP contribution >= 0.6 is 0 Å². The number of amides is 1. The van der Waals surface area contributed by atoms with Crippen LogP contribution in [0.1, 0.15) is 24.7 Å². The Labute approximate surface area is 125 Å². The maximum Gasteiger partial charge on any atom is 0.246 e. The van der Waals surface area contributed by atoms with Crippen LogP contribution in [-0.4, -0.2) is 59.5 Å². The Bertz CT molecular complexity index is 643. The van der Waals surface area contributed by atoms with Gasteiger partial charge in [-0.3, -0.25) is 9.48 Å². The summed E-state index contributed by atoms with van der Waals surface area (Å²) >= 11 is 0. The second kappa shape index (κ2) is 5.76. The van der Waals surface area contributed by atoms with E-state index < -0.39 is 10.0 Å². The molecule has 21 heavy (non-hydrogen) atoms. The van der Waals surface area contributed by atoms with Crippen molar-refractivity contribution in [2.75, 3.05) is 26.2 Å². The quantitative estimate of drug-likeness (QED) is 0.803. The molecule has 0 radical (unpaired) electrons. The molecule has 0 N–H and O–H groups in total. The number of carbonyl (C=O) groups is 1. The van der Waals surface area contributed by atoms with Gasteiger partial charge in [0.05, 0.1) is 11.4 Å². The fraction of sp³-hybridized carbons (Fsp3) is 0.692. The lowest BCUT2D eigenvalue weighted by Crippen LogP contribution is -2.50. The molecule has 1 aromatic rings. The van der Waals surface area contributed by atoms with E-state index in [4.69, 9.17) is 0 Å². The smallest absolute Gasteiger partial charge is 0.246 e. The van der Waals surface area contributed by atoms with Crippen LogP contribution in [0.5, 0.6) is 0 Å². The number of aryl methyl sites for hydroxylation is 2. The number of rotatable bonds is 3. The van der Waals surface area contributed by atoms with Crippen molar-refractivity contribution >= 4 is 15.9 Å². The lowest BCUT2D eigenvalue weighted by molar-refractivity contribution is -0.132. The first-order valence-electron chi connectivity index (χ1n) is 7.07. The van der Waals surface area contributed by atoms with Crippen LogP contribution in [0.3, 0.4) is 0 Å². The van der Waals surface area contributed by atoms with Gasteiger partial charge in [-0.2, -0.15) is 9.40 Å². The van der Waals surface area contributed by atoms with Crippen molar-refractivity contribution in [3.05, 3.63) is 11.4 Å². The summed E-state index contributed by atoms with van der Waals surface area (Å²) in [6.45, 7) is 6.84. The standard InChI is InChI=1S/C13H22N4O3S/c1-5-12(18)16-6-8-17(9-7-16)21(19,20)13-10(2)14-15(4)11(13)3/h5-9H2,1-4H3. The van der Waals surface area contributed by atoms with E-state index in [1.807, 2.05) is 6.92 Å². The molecule has 0 atom stereocenters. The van der Waals surface area contributed by atoms with E-state index in [-0.39, 0.29) is 5.91 Å². The summed E-state index contributed by atoms with van der Waals surface area (Å²) < 4.78 is 28.5. The Morgan fingerprint density at radius 3 is 2.19 bits per heavy atom. The minimum absolute atomic E-state index is 0.0702. The van der Waals surface area contributed by atoms with Gasteiger partial charge in [0.1, 0.15) is 4.90 Å². The second-order valence-corrected chi connectivity index (χ2v) is 7.14. The highest BCUT2D eigenvalue weighted by Crippen LogP contribution is 2.24. The first-order chi connectivity index (χ1) is 9.78. The maximum atomic E-state index is 12.8. The largest absolute Gasteiger partial charge is 0.340 e. The van der Waals surface area contributed by atoms with Crippen LogP contribution < -0.4 is 0 Å². The Balaban J connectivity index is 2.21. The van der Waals surface area contributed by atoms with Crippen LogP contribution in [0.25, 0.3) is 0 Å². The lowest BCUT2D eigenvalue weighted by Gasteiger charge is -2.33. The maximum absolute atomic E-state index is 12.8. The zero-order chi connectivity index (χ0) is 15.8. The number of nitrogens with zero attached hydrogens (tertiary/aromatic N) is 4. The van der Waals surface area contributed by atoms with Crippen molar-refractivity contribution < 1.29 is 13.2 Å². The van der Waals surface area contributed by atoms with E-state index in [2.05, 4.69) is 5.10 Å². The zero-order valence-electron chi connectivity index (χ0n) is 13.0. The molecule has 7 nitrogen and oxygen atoms in total. The second-order valence-electron chi connectivity index (χ2n) is 5.26. The fourth-order valence-electron chi connectivity index (χ4n) is 2.66. The van der Waals surface area contributed by atoms with Crippen LogP contribution in [0, 0.1) is 13.8 Å². The highest BCUT2D eigenvalue weighted by atomic mass is 32.2. The third kappa shape index (κ3) is 2.82. The first-order valence-corrected chi connectivity index (χ1v) is 8.51. The molecule has 1 saturated heterocycles. The molecule has 1 amide bonds. The van der Waals surface area contributed by atoms with Gasteiger partial charge in [-0.1, -0.05) is 6.92 Å². The molecular formula is C13H22N4O3S. The van der Waals surface area contributed by atoms with Crippen LogP contribution in [0.2, 0.25) is 0 Å². The summed E-state index contributed by atoms with van der Waals surface area (Å²) in [6.07, 6.45) is 0.452. The topological polar surface area (TPSA) is 75.5 Å². The average molecular weight is 314 g/mol. The van der Waals surface area contributed by atoms with E-state index in [1.165, 1.54) is 4.31 Å². The van der Waals surface area contributed by atoms with Gasteiger partial charge >= 0.3 is 0 Å². The van der Waals surface area contributed by atoms with Gasteiger partial charge in [-0.25, -0.2) is 8.42 Å².